The summed E-state index contributed by atoms with van der Waals surface area (Å²) in [6.07, 6.45) is 6.08. The van der Waals surface area contributed by atoms with Gasteiger partial charge in [0.1, 0.15) is 10.7 Å². The summed E-state index contributed by atoms with van der Waals surface area (Å²) in [5.41, 5.74) is 7.97. The highest BCUT2D eigenvalue weighted by Crippen LogP contribution is 2.42. The third kappa shape index (κ3) is 5.93. The molecule has 0 saturated carbocycles. The van der Waals surface area contributed by atoms with Crippen LogP contribution in [0.5, 0.6) is 0 Å². The molecule has 4 N–H and O–H groups in total. The van der Waals surface area contributed by atoms with Gasteiger partial charge in [0.25, 0.3) is 5.91 Å². The lowest BCUT2D eigenvalue weighted by molar-refractivity contribution is 0.0964. The van der Waals surface area contributed by atoms with Crippen molar-refractivity contribution in [2.45, 2.75) is 6.73 Å². The number of carbonyl (C=O) groups is 1. The summed E-state index contributed by atoms with van der Waals surface area (Å²) in [5.74, 6) is -0.474. The number of hydrogen-bond donors (Lipinski definition) is 3. The van der Waals surface area contributed by atoms with Crippen LogP contribution in [0.4, 0.5) is 0 Å². The molecule has 3 rings (SSSR count). The van der Waals surface area contributed by atoms with E-state index in [-0.39, 0.29) is 18.1 Å². The van der Waals surface area contributed by atoms with Crippen LogP contribution in [-0.4, -0.2) is 50.9 Å². The summed E-state index contributed by atoms with van der Waals surface area (Å²) in [6, 6.07) is 5.26. The van der Waals surface area contributed by atoms with E-state index >= 15 is 0 Å². The number of allylic oxidation sites excluding steroid dienone is 1. The molecule has 0 radical (unpaired) electrons. The summed E-state index contributed by atoms with van der Waals surface area (Å²) < 4.78 is 21.8. The van der Waals surface area contributed by atoms with E-state index in [1.54, 1.807) is 43.0 Å². The van der Waals surface area contributed by atoms with E-state index in [1.165, 1.54) is 28.4 Å². The van der Waals surface area contributed by atoms with Crippen molar-refractivity contribution in [3.8, 4) is 10.6 Å². The highest BCUT2D eigenvalue weighted by molar-refractivity contribution is 7.47. The molecule has 1 atom stereocenters. The minimum Gasteiger partial charge on any atom is -0.395 e. The van der Waals surface area contributed by atoms with Gasteiger partial charge in [0.05, 0.1) is 23.3 Å². The van der Waals surface area contributed by atoms with Crippen LogP contribution >= 0.6 is 19.2 Å². The number of thiazole rings is 1. The van der Waals surface area contributed by atoms with Crippen LogP contribution in [0.3, 0.4) is 0 Å². The third-order valence-corrected chi connectivity index (χ3v) is 5.73. The molecule has 0 aliphatic rings. The molecular formula is C18H20N7O5PS. The van der Waals surface area contributed by atoms with E-state index in [2.05, 4.69) is 29.9 Å². The smallest absolute Gasteiger partial charge is 0.395 e. The Kier molecular flexibility index (Phi) is 7.62. The summed E-state index contributed by atoms with van der Waals surface area (Å²) in [5, 5.41) is 8.85. The van der Waals surface area contributed by atoms with Crippen LogP contribution < -0.4 is 11.1 Å². The Bertz CT molecular complexity index is 1190. The van der Waals surface area contributed by atoms with Crippen molar-refractivity contribution in [1.82, 2.24) is 25.1 Å². The lowest BCUT2D eigenvalue weighted by atomic mass is 10.2. The second kappa shape index (κ2) is 10.4. The van der Waals surface area contributed by atoms with Gasteiger partial charge < -0.3 is 15.9 Å². The summed E-state index contributed by atoms with van der Waals surface area (Å²) in [7, 11) is -1.50. The van der Waals surface area contributed by atoms with Gasteiger partial charge in [-0.05, 0) is 12.1 Å². The van der Waals surface area contributed by atoms with Crippen molar-refractivity contribution in [3.05, 3.63) is 59.3 Å². The number of rotatable bonds is 9. The molecule has 0 bridgehead atoms. The summed E-state index contributed by atoms with van der Waals surface area (Å²) in [4.78, 5) is 34.4. The van der Waals surface area contributed by atoms with Gasteiger partial charge in [0.15, 0.2) is 6.73 Å². The molecule has 1 unspecified atom stereocenters. The normalized spacial score (nSPS) is 14.2. The van der Waals surface area contributed by atoms with E-state index in [1.807, 2.05) is 0 Å². The number of phosphoric acid groups is 1. The molecule has 14 heteroatoms. The standard InChI is InChI=1S/C18H20N7O5PS/c1-20-8-14(16(19)13-5-3-4-6-21-13)23-17(26)15-10-32-18(24-15)12-7-22-25(9-12)11-30-31(27,28)29-2/h3-10H,11,19H2,1-2H3,(H,23,26)(H,27,28). The van der Waals surface area contributed by atoms with E-state index in [0.29, 0.717) is 22.0 Å². The average molecular weight is 477 g/mol. The minimum atomic E-state index is -4.12. The molecule has 0 spiro atoms. The molecular weight excluding hydrogens is 457 g/mol. The van der Waals surface area contributed by atoms with Gasteiger partial charge in [0, 0.05) is 43.7 Å². The molecule has 0 aliphatic heterocycles. The zero-order valence-corrected chi connectivity index (χ0v) is 18.8. The molecule has 0 saturated heterocycles. The maximum Gasteiger partial charge on any atom is 0.473 e. The number of aliphatic imine (C=N–C) groups is 1. The maximum absolute atomic E-state index is 12.7. The molecule has 32 heavy (non-hydrogen) atoms. The molecule has 3 heterocycles. The molecule has 3 aromatic heterocycles. The fourth-order valence-corrected chi connectivity index (χ4v) is 3.53. The molecule has 0 aliphatic carbocycles. The van der Waals surface area contributed by atoms with Gasteiger partial charge in [-0.25, -0.2) is 14.2 Å². The largest absolute Gasteiger partial charge is 0.473 e. The fraction of sp³-hybridized carbons (Fsp3) is 0.167. The van der Waals surface area contributed by atoms with Crippen molar-refractivity contribution in [2.75, 3.05) is 14.2 Å². The Labute approximate surface area is 187 Å². The van der Waals surface area contributed by atoms with Crippen molar-refractivity contribution in [1.29, 1.82) is 0 Å². The highest BCUT2D eigenvalue weighted by Gasteiger charge is 2.19. The Hall–Kier alpha value is -3.22. The lowest BCUT2D eigenvalue weighted by Gasteiger charge is -2.08. The van der Waals surface area contributed by atoms with Crippen LogP contribution in [0, 0.1) is 0 Å². The van der Waals surface area contributed by atoms with Crippen molar-refractivity contribution < 1.29 is 23.3 Å². The highest BCUT2D eigenvalue weighted by atomic mass is 32.1. The monoisotopic (exact) mass is 477 g/mol. The molecule has 3 aromatic rings. The third-order valence-electron chi connectivity index (χ3n) is 3.94. The number of pyridine rings is 1. The predicted molar refractivity (Wildman–Crippen MR) is 118 cm³/mol. The van der Waals surface area contributed by atoms with E-state index in [0.717, 1.165) is 7.11 Å². The Morgan fingerprint density at radius 2 is 2.25 bits per heavy atom. The van der Waals surface area contributed by atoms with Crippen molar-refractivity contribution >= 4 is 37.0 Å². The average Bonchev–Trinajstić information content (AvgIpc) is 3.47. The molecule has 1 amide bonds. The minimum absolute atomic E-state index is 0.170. The summed E-state index contributed by atoms with van der Waals surface area (Å²) in [6.45, 7) is -0.294. The lowest BCUT2D eigenvalue weighted by Crippen LogP contribution is -2.26. The van der Waals surface area contributed by atoms with Gasteiger partial charge in [-0.1, -0.05) is 6.07 Å². The van der Waals surface area contributed by atoms with E-state index in [4.69, 9.17) is 10.3 Å². The topological polar surface area (TPSA) is 167 Å². The number of nitrogens with two attached hydrogens (primary N) is 1. The second-order valence-corrected chi connectivity index (χ2v) is 8.52. The second-order valence-electron chi connectivity index (χ2n) is 6.10. The van der Waals surface area contributed by atoms with E-state index < -0.39 is 13.7 Å². The molecule has 0 aromatic carbocycles. The first-order chi connectivity index (χ1) is 15.3. The number of hydrogen-bond acceptors (Lipinski definition) is 10. The Morgan fingerprint density at radius 3 is 2.94 bits per heavy atom. The number of carbonyl (C=O) groups excluding carboxylic acids is 1. The number of aromatic nitrogens is 4. The van der Waals surface area contributed by atoms with Gasteiger partial charge in [-0.15, -0.1) is 11.3 Å². The fourth-order valence-electron chi connectivity index (χ4n) is 2.38. The first-order valence-corrected chi connectivity index (χ1v) is 11.4. The zero-order chi connectivity index (χ0) is 23.1. The number of amides is 1. The number of nitrogens with zero attached hydrogens (tertiary/aromatic N) is 5. The van der Waals surface area contributed by atoms with Crippen LogP contribution in [0.2, 0.25) is 0 Å². The van der Waals surface area contributed by atoms with Crippen LogP contribution in [-0.2, 0) is 20.3 Å². The number of phosphoric ester groups is 1. The summed E-state index contributed by atoms with van der Waals surface area (Å²) >= 11 is 1.23. The zero-order valence-electron chi connectivity index (χ0n) is 17.1. The predicted octanol–water partition coefficient (Wildman–Crippen LogP) is 1.88. The van der Waals surface area contributed by atoms with Crippen molar-refractivity contribution in [3.63, 3.8) is 0 Å². The van der Waals surface area contributed by atoms with Crippen LogP contribution in [0.25, 0.3) is 16.3 Å². The van der Waals surface area contributed by atoms with Crippen molar-refractivity contribution in [2.24, 2.45) is 10.7 Å². The molecule has 12 nitrogen and oxygen atoms in total. The van der Waals surface area contributed by atoms with Gasteiger partial charge in [-0.3, -0.25) is 23.8 Å². The maximum atomic E-state index is 12.7. The van der Waals surface area contributed by atoms with Crippen LogP contribution in [0.1, 0.15) is 16.2 Å². The molecule has 0 fully saturated rings. The van der Waals surface area contributed by atoms with E-state index in [9.17, 15) is 14.3 Å². The first-order valence-electron chi connectivity index (χ1n) is 8.99. The Balaban J connectivity index is 1.74. The quantitative estimate of drug-likeness (QED) is 0.308. The SMILES string of the molecule is CN=CC(NC(=O)c1csc(-c2cnn(COP(=O)(O)OC)c2)n1)=C(N)c1ccccn1. The van der Waals surface area contributed by atoms with Crippen LogP contribution in [0.15, 0.2) is 52.9 Å². The van der Waals surface area contributed by atoms with Gasteiger partial charge >= 0.3 is 7.82 Å². The number of nitrogens with one attached hydrogen (secondary N) is 1. The molecule has 168 valence electrons. The Morgan fingerprint density at radius 1 is 1.44 bits per heavy atom. The van der Waals surface area contributed by atoms with Gasteiger partial charge in [-0.2, -0.15) is 5.10 Å². The first kappa shape index (κ1) is 23.4. The van der Waals surface area contributed by atoms with Gasteiger partial charge in [0.2, 0.25) is 0 Å².